The van der Waals surface area contributed by atoms with Gasteiger partial charge in [0.2, 0.25) is 5.91 Å². The Kier molecular flexibility index (Phi) is 4.49. The lowest BCUT2D eigenvalue weighted by Crippen LogP contribution is -2.47. The molecule has 112 valence electrons. The van der Waals surface area contributed by atoms with Crippen molar-refractivity contribution in [2.45, 2.75) is 25.9 Å². The van der Waals surface area contributed by atoms with Gasteiger partial charge in [-0.2, -0.15) is 0 Å². The van der Waals surface area contributed by atoms with Crippen LogP contribution >= 0.6 is 0 Å². The third-order valence-electron chi connectivity index (χ3n) is 3.52. The maximum atomic E-state index is 12.1. The number of carbonyl (C=O) groups is 1. The summed E-state index contributed by atoms with van der Waals surface area (Å²) in [6, 6.07) is 1.55. The number of nitrogens with one attached hydrogen (secondary N) is 1. The lowest BCUT2D eigenvalue weighted by Gasteiger charge is -2.25. The Morgan fingerprint density at radius 2 is 2.30 bits per heavy atom. The van der Waals surface area contributed by atoms with Gasteiger partial charge in [0.1, 0.15) is 5.76 Å². The largest absolute Gasteiger partial charge is 0.469 e. The van der Waals surface area contributed by atoms with E-state index in [2.05, 4.69) is 5.32 Å². The zero-order chi connectivity index (χ0) is 14.8. The number of nitrogens with zero attached hydrogens (tertiary/aromatic N) is 1. The molecule has 1 aliphatic rings. The van der Waals surface area contributed by atoms with Gasteiger partial charge in [-0.1, -0.05) is 0 Å². The Morgan fingerprint density at radius 1 is 1.55 bits per heavy atom. The summed E-state index contributed by atoms with van der Waals surface area (Å²) in [5.41, 5.74) is 0.963. The molecule has 7 heteroatoms. The van der Waals surface area contributed by atoms with Gasteiger partial charge in [-0.3, -0.25) is 4.79 Å². The van der Waals surface area contributed by atoms with Crippen molar-refractivity contribution in [2.24, 2.45) is 0 Å². The summed E-state index contributed by atoms with van der Waals surface area (Å²) in [5, 5.41) is 3.09. The minimum Gasteiger partial charge on any atom is -0.469 e. The predicted molar refractivity (Wildman–Crippen MR) is 75.0 cm³/mol. The van der Waals surface area contributed by atoms with E-state index in [0.717, 1.165) is 11.3 Å². The number of rotatable bonds is 4. The summed E-state index contributed by atoms with van der Waals surface area (Å²) in [6.45, 7) is 2.74. The van der Waals surface area contributed by atoms with E-state index in [0.29, 0.717) is 13.1 Å². The summed E-state index contributed by atoms with van der Waals surface area (Å²) in [4.78, 5) is 13.7. The zero-order valence-corrected chi connectivity index (χ0v) is 12.6. The Morgan fingerprint density at radius 3 is 2.90 bits per heavy atom. The van der Waals surface area contributed by atoms with Crippen molar-refractivity contribution in [3.05, 3.63) is 23.7 Å². The number of aryl methyl sites for hydroxylation is 1. The third-order valence-corrected chi connectivity index (χ3v) is 5.26. The molecule has 1 amide bonds. The van der Waals surface area contributed by atoms with Gasteiger partial charge in [0.25, 0.3) is 0 Å². The van der Waals surface area contributed by atoms with Crippen molar-refractivity contribution in [3.63, 3.8) is 0 Å². The molecule has 0 bridgehead atoms. The summed E-state index contributed by atoms with van der Waals surface area (Å²) < 4.78 is 28.3. The second-order valence-corrected chi connectivity index (χ2v) is 7.45. The van der Waals surface area contributed by atoms with Gasteiger partial charge in [0.15, 0.2) is 9.84 Å². The van der Waals surface area contributed by atoms with Crippen LogP contribution in [-0.2, 0) is 21.2 Å². The summed E-state index contributed by atoms with van der Waals surface area (Å²) in [7, 11) is -1.29. The number of amides is 1. The molecule has 0 radical (unpaired) electrons. The molecule has 20 heavy (non-hydrogen) atoms. The molecule has 2 rings (SSSR count). The molecule has 1 aliphatic heterocycles. The first-order valence-corrected chi connectivity index (χ1v) is 8.40. The van der Waals surface area contributed by atoms with E-state index in [-0.39, 0.29) is 29.9 Å². The number of sulfone groups is 1. The fourth-order valence-corrected chi connectivity index (χ4v) is 3.73. The number of hydrogen-bond acceptors (Lipinski definition) is 5. The van der Waals surface area contributed by atoms with Crippen LogP contribution < -0.4 is 5.32 Å². The van der Waals surface area contributed by atoms with Gasteiger partial charge in [0, 0.05) is 38.2 Å². The van der Waals surface area contributed by atoms with Gasteiger partial charge in [0.05, 0.1) is 17.8 Å². The standard InChI is InChI=1S/C13H20N2O4S/c1-10-11(3-5-19-10)8-15(2)13(16)7-12-9-20(17,18)6-4-14-12/h3,5,12,14H,4,6-9H2,1-2H3. The maximum absolute atomic E-state index is 12.1. The van der Waals surface area contributed by atoms with Crippen LogP contribution in [0, 0.1) is 6.92 Å². The average molecular weight is 300 g/mol. The van der Waals surface area contributed by atoms with E-state index in [9.17, 15) is 13.2 Å². The Labute approximate surface area is 119 Å². The van der Waals surface area contributed by atoms with E-state index in [1.807, 2.05) is 13.0 Å². The minimum atomic E-state index is -3.01. The molecule has 0 saturated carbocycles. The molecule has 1 atom stereocenters. The predicted octanol–water partition coefficient (Wildman–Crippen LogP) is 0.323. The van der Waals surface area contributed by atoms with Gasteiger partial charge >= 0.3 is 0 Å². The number of hydrogen-bond donors (Lipinski definition) is 1. The fraction of sp³-hybridized carbons (Fsp3) is 0.615. The van der Waals surface area contributed by atoms with Crippen molar-refractivity contribution < 1.29 is 17.6 Å². The Balaban J connectivity index is 1.89. The fourth-order valence-electron chi connectivity index (χ4n) is 2.28. The van der Waals surface area contributed by atoms with Crippen LogP contribution in [0.3, 0.4) is 0 Å². The molecule has 0 aromatic carbocycles. The second kappa shape index (κ2) is 5.97. The van der Waals surface area contributed by atoms with E-state index in [1.54, 1.807) is 18.2 Å². The summed E-state index contributed by atoms with van der Waals surface area (Å²) in [6.07, 6.45) is 1.80. The first kappa shape index (κ1) is 15.1. The first-order chi connectivity index (χ1) is 9.37. The van der Waals surface area contributed by atoms with Crippen LogP contribution in [0.1, 0.15) is 17.7 Å². The highest BCUT2D eigenvalue weighted by Crippen LogP contribution is 2.13. The van der Waals surface area contributed by atoms with Gasteiger partial charge in [-0.15, -0.1) is 0 Å². The van der Waals surface area contributed by atoms with Crippen molar-refractivity contribution >= 4 is 15.7 Å². The quantitative estimate of drug-likeness (QED) is 0.866. The van der Waals surface area contributed by atoms with Crippen molar-refractivity contribution in [3.8, 4) is 0 Å². The van der Waals surface area contributed by atoms with Crippen LogP contribution in [0.15, 0.2) is 16.7 Å². The van der Waals surface area contributed by atoms with E-state index >= 15 is 0 Å². The molecule has 1 aromatic heterocycles. The van der Waals surface area contributed by atoms with Crippen molar-refractivity contribution in [1.29, 1.82) is 0 Å². The van der Waals surface area contributed by atoms with Gasteiger partial charge in [-0.25, -0.2) is 8.42 Å². The Bertz CT molecular complexity index is 579. The lowest BCUT2D eigenvalue weighted by atomic mass is 10.2. The maximum Gasteiger partial charge on any atom is 0.224 e. The molecule has 6 nitrogen and oxygen atoms in total. The third kappa shape index (κ3) is 3.83. The highest BCUT2D eigenvalue weighted by atomic mass is 32.2. The average Bonchev–Trinajstić information content (AvgIpc) is 2.73. The van der Waals surface area contributed by atoms with Crippen molar-refractivity contribution in [2.75, 3.05) is 25.1 Å². The second-order valence-electron chi connectivity index (χ2n) is 5.22. The van der Waals surface area contributed by atoms with Gasteiger partial charge < -0.3 is 14.6 Å². The van der Waals surface area contributed by atoms with E-state index in [1.165, 1.54) is 0 Å². The molecular formula is C13H20N2O4S. The molecular weight excluding hydrogens is 280 g/mol. The SMILES string of the molecule is Cc1occc1CN(C)C(=O)CC1CS(=O)(=O)CCN1. The molecule has 1 saturated heterocycles. The van der Waals surface area contributed by atoms with Crippen molar-refractivity contribution in [1.82, 2.24) is 10.2 Å². The van der Waals surface area contributed by atoms with Crippen LogP contribution in [0.5, 0.6) is 0 Å². The monoisotopic (exact) mass is 300 g/mol. The smallest absolute Gasteiger partial charge is 0.224 e. The lowest BCUT2D eigenvalue weighted by molar-refractivity contribution is -0.130. The highest BCUT2D eigenvalue weighted by Gasteiger charge is 2.27. The number of carbonyl (C=O) groups excluding carboxylic acids is 1. The first-order valence-electron chi connectivity index (χ1n) is 6.58. The zero-order valence-electron chi connectivity index (χ0n) is 11.8. The van der Waals surface area contributed by atoms with Crippen LogP contribution in [0.4, 0.5) is 0 Å². The summed E-state index contributed by atoms with van der Waals surface area (Å²) in [5.74, 6) is 0.919. The Hall–Kier alpha value is -1.34. The van der Waals surface area contributed by atoms with E-state index in [4.69, 9.17) is 4.42 Å². The molecule has 1 fully saturated rings. The highest BCUT2D eigenvalue weighted by molar-refractivity contribution is 7.91. The van der Waals surface area contributed by atoms with Crippen LogP contribution in [0.2, 0.25) is 0 Å². The van der Waals surface area contributed by atoms with Crippen LogP contribution in [0.25, 0.3) is 0 Å². The molecule has 1 unspecified atom stereocenters. The van der Waals surface area contributed by atoms with Crippen LogP contribution in [-0.4, -0.2) is 50.4 Å². The molecule has 0 spiro atoms. The normalized spacial score (nSPS) is 21.6. The number of furan rings is 1. The van der Waals surface area contributed by atoms with E-state index < -0.39 is 9.84 Å². The minimum absolute atomic E-state index is 0.0390. The molecule has 1 N–H and O–H groups in total. The molecule has 0 aliphatic carbocycles. The molecule has 2 heterocycles. The summed E-state index contributed by atoms with van der Waals surface area (Å²) >= 11 is 0. The van der Waals surface area contributed by atoms with Gasteiger partial charge in [-0.05, 0) is 13.0 Å². The molecule has 1 aromatic rings. The topological polar surface area (TPSA) is 79.6 Å².